The van der Waals surface area contributed by atoms with E-state index in [1.807, 2.05) is 6.08 Å². The second kappa shape index (κ2) is 4.02. The van der Waals surface area contributed by atoms with Gasteiger partial charge in [0.25, 0.3) is 0 Å². The van der Waals surface area contributed by atoms with Gasteiger partial charge in [0, 0.05) is 18.9 Å². The second-order valence-electron chi connectivity index (χ2n) is 4.92. The van der Waals surface area contributed by atoms with Crippen molar-refractivity contribution in [2.75, 3.05) is 6.54 Å². The summed E-state index contributed by atoms with van der Waals surface area (Å²) in [6, 6.07) is 8.75. The van der Waals surface area contributed by atoms with Gasteiger partial charge in [-0.3, -0.25) is 4.79 Å². The highest BCUT2D eigenvalue weighted by Gasteiger charge is 2.38. The Morgan fingerprint density at radius 2 is 2.12 bits per heavy atom. The van der Waals surface area contributed by atoms with Crippen LogP contribution in [0.25, 0.3) is 0 Å². The van der Waals surface area contributed by atoms with Crippen molar-refractivity contribution in [3.05, 3.63) is 48.0 Å². The van der Waals surface area contributed by atoms with E-state index in [0.29, 0.717) is 18.2 Å². The number of benzene rings is 1. The van der Waals surface area contributed by atoms with Crippen molar-refractivity contribution in [2.45, 2.75) is 25.3 Å². The third-order valence-corrected chi connectivity index (χ3v) is 4.05. The number of hydrogen-bond donors (Lipinski definition) is 0. The third-order valence-electron chi connectivity index (χ3n) is 4.05. The predicted octanol–water partition coefficient (Wildman–Crippen LogP) is 2.71. The normalized spacial score (nSPS) is 27.3. The number of nitrogens with zero attached hydrogens (tertiary/aromatic N) is 1. The minimum absolute atomic E-state index is 0.235. The zero-order valence-corrected chi connectivity index (χ0v) is 9.93. The van der Waals surface area contributed by atoms with Crippen molar-refractivity contribution in [3.8, 4) is 0 Å². The molecule has 2 heterocycles. The van der Waals surface area contributed by atoms with Crippen LogP contribution < -0.4 is 0 Å². The van der Waals surface area contributed by atoms with Gasteiger partial charge in [-0.15, -0.1) is 6.58 Å². The molecule has 0 bridgehead atoms. The SMILES string of the molecule is C=CC1CCC(=O)N2CCc3ccccc3C12. The zero-order valence-electron chi connectivity index (χ0n) is 9.93. The van der Waals surface area contributed by atoms with Crippen LogP contribution >= 0.6 is 0 Å². The molecule has 1 fully saturated rings. The summed E-state index contributed by atoms with van der Waals surface area (Å²) >= 11 is 0. The fourth-order valence-electron chi connectivity index (χ4n) is 3.18. The summed E-state index contributed by atoms with van der Waals surface area (Å²) in [5, 5.41) is 0. The van der Waals surface area contributed by atoms with E-state index in [2.05, 4.69) is 35.7 Å². The molecule has 2 atom stereocenters. The topological polar surface area (TPSA) is 20.3 Å². The first kappa shape index (κ1) is 10.6. The van der Waals surface area contributed by atoms with E-state index in [0.717, 1.165) is 19.4 Å². The smallest absolute Gasteiger partial charge is 0.223 e. The molecule has 1 saturated heterocycles. The first-order chi connectivity index (χ1) is 8.31. The van der Waals surface area contributed by atoms with Crippen molar-refractivity contribution in [1.29, 1.82) is 0 Å². The maximum Gasteiger partial charge on any atom is 0.223 e. The molecule has 2 heteroatoms. The Bertz CT molecular complexity index is 466. The average molecular weight is 227 g/mol. The van der Waals surface area contributed by atoms with Crippen molar-refractivity contribution < 1.29 is 4.79 Å². The third kappa shape index (κ3) is 1.59. The summed E-state index contributed by atoms with van der Waals surface area (Å²) in [4.78, 5) is 14.0. The van der Waals surface area contributed by atoms with E-state index in [9.17, 15) is 4.79 Å². The quantitative estimate of drug-likeness (QED) is 0.675. The molecule has 0 aliphatic carbocycles. The fourth-order valence-corrected chi connectivity index (χ4v) is 3.18. The Kier molecular flexibility index (Phi) is 2.50. The number of hydrogen-bond acceptors (Lipinski definition) is 1. The van der Waals surface area contributed by atoms with Crippen LogP contribution in [0.5, 0.6) is 0 Å². The van der Waals surface area contributed by atoms with Gasteiger partial charge in [-0.25, -0.2) is 0 Å². The maximum absolute atomic E-state index is 12.0. The summed E-state index contributed by atoms with van der Waals surface area (Å²) < 4.78 is 0. The summed E-state index contributed by atoms with van der Waals surface area (Å²) in [7, 11) is 0. The molecule has 3 rings (SSSR count). The number of fused-ring (bicyclic) bond motifs is 3. The lowest BCUT2D eigenvalue weighted by Crippen LogP contribution is -2.46. The van der Waals surface area contributed by atoms with Gasteiger partial charge in [0.15, 0.2) is 0 Å². The molecular formula is C15H17NO. The lowest BCUT2D eigenvalue weighted by atomic mass is 9.79. The molecule has 2 nitrogen and oxygen atoms in total. The van der Waals surface area contributed by atoms with Crippen LogP contribution in [-0.2, 0) is 11.2 Å². The van der Waals surface area contributed by atoms with Gasteiger partial charge in [0.2, 0.25) is 5.91 Å². The van der Waals surface area contributed by atoms with Crippen LogP contribution in [-0.4, -0.2) is 17.4 Å². The van der Waals surface area contributed by atoms with Gasteiger partial charge in [-0.1, -0.05) is 30.3 Å². The van der Waals surface area contributed by atoms with Gasteiger partial charge in [0.1, 0.15) is 0 Å². The molecule has 0 spiro atoms. The first-order valence-corrected chi connectivity index (χ1v) is 6.31. The monoisotopic (exact) mass is 227 g/mol. The van der Waals surface area contributed by atoms with Gasteiger partial charge < -0.3 is 4.90 Å². The molecule has 1 amide bonds. The summed E-state index contributed by atoms with van der Waals surface area (Å²) in [6.45, 7) is 4.80. The van der Waals surface area contributed by atoms with Gasteiger partial charge >= 0.3 is 0 Å². The lowest BCUT2D eigenvalue weighted by molar-refractivity contribution is -0.138. The van der Waals surface area contributed by atoms with E-state index >= 15 is 0 Å². The molecule has 1 aromatic rings. The Hall–Kier alpha value is -1.57. The Morgan fingerprint density at radius 1 is 1.29 bits per heavy atom. The second-order valence-corrected chi connectivity index (χ2v) is 4.92. The van der Waals surface area contributed by atoms with E-state index in [-0.39, 0.29) is 6.04 Å². The summed E-state index contributed by atoms with van der Waals surface area (Å²) in [5.41, 5.74) is 2.73. The summed E-state index contributed by atoms with van der Waals surface area (Å²) in [5.74, 6) is 0.719. The van der Waals surface area contributed by atoms with Crippen LogP contribution in [0.1, 0.15) is 30.0 Å². The highest BCUT2D eigenvalue weighted by Crippen LogP contribution is 2.41. The van der Waals surface area contributed by atoms with Crippen LogP contribution in [0.15, 0.2) is 36.9 Å². The first-order valence-electron chi connectivity index (χ1n) is 6.31. The predicted molar refractivity (Wildman–Crippen MR) is 67.5 cm³/mol. The molecule has 0 radical (unpaired) electrons. The van der Waals surface area contributed by atoms with Crippen molar-refractivity contribution in [2.24, 2.45) is 5.92 Å². The zero-order chi connectivity index (χ0) is 11.8. The molecular weight excluding hydrogens is 210 g/mol. The van der Waals surface area contributed by atoms with Crippen molar-refractivity contribution in [3.63, 3.8) is 0 Å². The number of carbonyl (C=O) groups is 1. The molecule has 2 aliphatic heterocycles. The molecule has 0 N–H and O–H groups in total. The fraction of sp³-hybridized carbons (Fsp3) is 0.400. The molecule has 17 heavy (non-hydrogen) atoms. The van der Waals surface area contributed by atoms with Crippen LogP contribution in [0.2, 0.25) is 0 Å². The summed E-state index contributed by atoms with van der Waals surface area (Å²) in [6.07, 6.45) is 4.63. The number of amides is 1. The van der Waals surface area contributed by atoms with E-state index in [1.165, 1.54) is 11.1 Å². The highest BCUT2D eigenvalue weighted by molar-refractivity contribution is 5.78. The lowest BCUT2D eigenvalue weighted by Gasteiger charge is -2.44. The Balaban J connectivity index is 2.07. The van der Waals surface area contributed by atoms with Crippen molar-refractivity contribution >= 4 is 5.91 Å². The van der Waals surface area contributed by atoms with E-state index in [1.54, 1.807) is 0 Å². The number of rotatable bonds is 1. The molecule has 2 aliphatic rings. The number of carbonyl (C=O) groups excluding carboxylic acids is 1. The standard InChI is InChI=1S/C15H17NO/c1-2-11-7-8-14(17)16-10-9-12-5-3-4-6-13(12)15(11)16/h2-6,11,15H,1,7-10H2. The van der Waals surface area contributed by atoms with Crippen LogP contribution in [0.4, 0.5) is 0 Å². The average Bonchev–Trinajstić information content (AvgIpc) is 2.39. The molecule has 88 valence electrons. The van der Waals surface area contributed by atoms with Crippen LogP contribution in [0, 0.1) is 5.92 Å². The largest absolute Gasteiger partial charge is 0.335 e. The van der Waals surface area contributed by atoms with Gasteiger partial charge in [0.05, 0.1) is 6.04 Å². The highest BCUT2D eigenvalue weighted by atomic mass is 16.2. The molecule has 0 aromatic heterocycles. The minimum Gasteiger partial charge on any atom is -0.335 e. The van der Waals surface area contributed by atoms with E-state index in [4.69, 9.17) is 0 Å². The van der Waals surface area contributed by atoms with Crippen molar-refractivity contribution in [1.82, 2.24) is 4.90 Å². The van der Waals surface area contributed by atoms with Gasteiger partial charge in [-0.2, -0.15) is 0 Å². The van der Waals surface area contributed by atoms with Gasteiger partial charge in [-0.05, 0) is 24.0 Å². The minimum atomic E-state index is 0.235. The van der Waals surface area contributed by atoms with E-state index < -0.39 is 0 Å². The maximum atomic E-state index is 12.0. The Morgan fingerprint density at radius 3 is 2.94 bits per heavy atom. The van der Waals surface area contributed by atoms with Crippen LogP contribution in [0.3, 0.4) is 0 Å². The molecule has 1 aromatic carbocycles. The number of piperidine rings is 1. The molecule has 2 unspecified atom stereocenters. The Labute approximate surface area is 102 Å². The molecule has 0 saturated carbocycles.